The number of halogens is 3. The molecule has 2 aliphatic rings. The average molecular weight is 416 g/mol. The summed E-state index contributed by atoms with van der Waals surface area (Å²) in [5.41, 5.74) is 1.05. The molecule has 5 rings (SSSR count). The number of H-pyrrole nitrogens is 1. The number of fused-ring (bicyclic) bond motifs is 2. The summed E-state index contributed by atoms with van der Waals surface area (Å²) >= 11 is 0. The van der Waals surface area contributed by atoms with E-state index in [1.54, 1.807) is 0 Å². The van der Waals surface area contributed by atoms with Crippen molar-refractivity contribution >= 4 is 5.91 Å². The molecule has 2 aliphatic heterocycles. The van der Waals surface area contributed by atoms with Crippen molar-refractivity contribution in [3.8, 4) is 11.5 Å². The van der Waals surface area contributed by atoms with Crippen LogP contribution in [0.25, 0.3) is 11.5 Å². The van der Waals surface area contributed by atoms with E-state index in [2.05, 4.69) is 15.1 Å². The van der Waals surface area contributed by atoms with E-state index in [1.807, 2.05) is 19.2 Å². The van der Waals surface area contributed by atoms with Gasteiger partial charge in [-0.15, -0.1) is 0 Å². The van der Waals surface area contributed by atoms with Gasteiger partial charge in [-0.2, -0.15) is 4.98 Å². The predicted molar refractivity (Wildman–Crippen MR) is 101 cm³/mol. The van der Waals surface area contributed by atoms with Gasteiger partial charge in [0.15, 0.2) is 0 Å². The molecule has 3 aromatic rings. The zero-order valence-electron chi connectivity index (χ0n) is 16.2. The van der Waals surface area contributed by atoms with Crippen LogP contribution in [-0.2, 0) is 5.92 Å². The summed E-state index contributed by atoms with van der Waals surface area (Å²) < 4.78 is 48.6. The van der Waals surface area contributed by atoms with E-state index in [4.69, 9.17) is 4.52 Å². The highest BCUT2D eigenvalue weighted by molar-refractivity contribution is 5.96. The Bertz CT molecular complexity index is 1120. The minimum atomic E-state index is -3.28. The summed E-state index contributed by atoms with van der Waals surface area (Å²) in [6, 6.07) is 4.21. The minimum Gasteiger partial charge on any atom is -0.358 e. The van der Waals surface area contributed by atoms with Crippen LogP contribution in [-0.4, -0.2) is 38.5 Å². The third-order valence-electron chi connectivity index (χ3n) is 5.92. The summed E-state index contributed by atoms with van der Waals surface area (Å²) in [5.74, 6) is -4.04. The number of amides is 1. The Morgan fingerprint density at radius 2 is 2.10 bits per heavy atom. The van der Waals surface area contributed by atoms with Gasteiger partial charge in [0, 0.05) is 36.3 Å². The first-order chi connectivity index (χ1) is 14.3. The van der Waals surface area contributed by atoms with Crippen LogP contribution in [0.1, 0.15) is 52.6 Å². The van der Waals surface area contributed by atoms with Gasteiger partial charge in [-0.3, -0.25) is 4.79 Å². The second-order valence-corrected chi connectivity index (χ2v) is 8.03. The average Bonchev–Trinajstić information content (AvgIpc) is 3.35. The van der Waals surface area contributed by atoms with Crippen molar-refractivity contribution in [1.82, 2.24) is 20.0 Å². The Morgan fingerprint density at radius 3 is 2.87 bits per heavy atom. The molecule has 30 heavy (non-hydrogen) atoms. The summed E-state index contributed by atoms with van der Waals surface area (Å²) in [6.45, 7) is 2.13. The first-order valence-corrected chi connectivity index (χ1v) is 9.79. The monoisotopic (exact) mass is 416 g/mol. The van der Waals surface area contributed by atoms with E-state index in [1.165, 1.54) is 4.90 Å². The van der Waals surface area contributed by atoms with Gasteiger partial charge in [0.2, 0.25) is 11.7 Å². The largest absolute Gasteiger partial charge is 0.358 e. The highest BCUT2D eigenvalue weighted by atomic mass is 19.3. The molecule has 6 nitrogen and oxygen atoms in total. The standard InChI is InChI=1S/C21H19F3N4O2/c1-11-6-17(25-9-11)18-26-19(30-27-18)12-2-4-14-8-21(23,24)16-7-13(22)3-5-15(16)20(29)28(14)10-12/h3,5-7,9,12,14,25H,2,4,8,10H2,1H3. The van der Waals surface area contributed by atoms with Crippen LogP contribution < -0.4 is 0 Å². The third kappa shape index (κ3) is 3.09. The Hall–Kier alpha value is -3.10. The molecule has 0 spiro atoms. The van der Waals surface area contributed by atoms with Gasteiger partial charge in [-0.1, -0.05) is 5.16 Å². The number of hydrogen-bond donors (Lipinski definition) is 1. The lowest BCUT2D eigenvalue weighted by molar-refractivity contribution is -0.0372. The number of carbonyl (C=O) groups is 1. The van der Waals surface area contributed by atoms with Crippen LogP contribution in [0.4, 0.5) is 13.2 Å². The molecule has 2 aromatic heterocycles. The number of piperidine rings is 1. The van der Waals surface area contributed by atoms with Crippen LogP contribution in [0.2, 0.25) is 0 Å². The van der Waals surface area contributed by atoms with Gasteiger partial charge in [-0.25, -0.2) is 13.2 Å². The van der Waals surface area contributed by atoms with Crippen molar-refractivity contribution in [3.63, 3.8) is 0 Å². The van der Waals surface area contributed by atoms with Gasteiger partial charge in [0.05, 0.1) is 11.6 Å². The number of alkyl halides is 2. The summed E-state index contributed by atoms with van der Waals surface area (Å²) in [4.78, 5) is 22.0. The number of aromatic amines is 1. The van der Waals surface area contributed by atoms with E-state index in [0.29, 0.717) is 24.6 Å². The van der Waals surface area contributed by atoms with Crippen molar-refractivity contribution < 1.29 is 22.5 Å². The number of benzene rings is 1. The maximum absolute atomic E-state index is 14.8. The van der Waals surface area contributed by atoms with Gasteiger partial charge >= 0.3 is 0 Å². The van der Waals surface area contributed by atoms with Crippen molar-refractivity contribution in [2.24, 2.45) is 0 Å². The second kappa shape index (κ2) is 6.72. The van der Waals surface area contributed by atoms with E-state index >= 15 is 0 Å². The Labute approximate surface area is 170 Å². The van der Waals surface area contributed by atoms with Crippen molar-refractivity contribution in [2.45, 2.75) is 44.1 Å². The minimum absolute atomic E-state index is 0.155. The molecule has 1 saturated heterocycles. The SMILES string of the molecule is Cc1c[nH]c(-c2noc(C3CCC4CC(F)(F)c5cc(F)ccc5C(=O)N4C3)n2)c1. The molecule has 0 aliphatic carbocycles. The fourth-order valence-electron chi connectivity index (χ4n) is 4.40. The van der Waals surface area contributed by atoms with Crippen molar-refractivity contribution in [3.05, 3.63) is 58.9 Å². The molecular formula is C21H19F3N4O2. The summed E-state index contributed by atoms with van der Waals surface area (Å²) in [6.07, 6.45) is 2.22. The maximum Gasteiger partial charge on any atom is 0.276 e. The molecule has 1 fully saturated rings. The lowest BCUT2D eigenvalue weighted by Crippen LogP contribution is -2.46. The fourth-order valence-corrected chi connectivity index (χ4v) is 4.40. The molecular weight excluding hydrogens is 397 g/mol. The van der Waals surface area contributed by atoms with E-state index in [0.717, 1.165) is 29.5 Å². The van der Waals surface area contributed by atoms with Crippen LogP contribution in [0, 0.1) is 12.7 Å². The number of nitrogens with zero attached hydrogens (tertiary/aromatic N) is 3. The zero-order valence-corrected chi connectivity index (χ0v) is 16.2. The quantitative estimate of drug-likeness (QED) is 0.672. The smallest absolute Gasteiger partial charge is 0.276 e. The van der Waals surface area contributed by atoms with Crippen LogP contribution >= 0.6 is 0 Å². The summed E-state index contributed by atoms with van der Waals surface area (Å²) in [7, 11) is 0. The van der Waals surface area contributed by atoms with E-state index < -0.39 is 35.7 Å². The number of aromatic nitrogens is 3. The molecule has 156 valence electrons. The number of hydrogen-bond acceptors (Lipinski definition) is 4. The normalized spacial score (nSPS) is 23.1. The van der Waals surface area contributed by atoms with Crippen LogP contribution in [0.5, 0.6) is 0 Å². The zero-order chi connectivity index (χ0) is 21.0. The van der Waals surface area contributed by atoms with Gasteiger partial charge in [-0.05, 0) is 49.6 Å². The third-order valence-corrected chi connectivity index (χ3v) is 5.92. The lowest BCUT2D eigenvalue weighted by atomic mass is 9.89. The first-order valence-electron chi connectivity index (χ1n) is 9.79. The number of aryl methyl sites for hydroxylation is 1. The maximum atomic E-state index is 14.8. The molecule has 2 unspecified atom stereocenters. The first kappa shape index (κ1) is 18.9. The molecule has 2 atom stereocenters. The molecule has 4 heterocycles. The van der Waals surface area contributed by atoms with Gasteiger partial charge in [0.1, 0.15) is 5.82 Å². The van der Waals surface area contributed by atoms with Crippen LogP contribution in [0.15, 0.2) is 35.0 Å². The predicted octanol–water partition coefficient (Wildman–Crippen LogP) is 4.40. The number of carbonyl (C=O) groups excluding carboxylic acids is 1. The summed E-state index contributed by atoms with van der Waals surface area (Å²) in [5, 5.41) is 4.00. The Kier molecular flexibility index (Phi) is 4.23. The molecule has 9 heteroatoms. The topological polar surface area (TPSA) is 75.0 Å². The highest BCUT2D eigenvalue weighted by Crippen LogP contribution is 2.44. The molecule has 0 radical (unpaired) electrons. The molecule has 1 N–H and O–H groups in total. The van der Waals surface area contributed by atoms with E-state index in [9.17, 15) is 18.0 Å². The molecule has 0 saturated carbocycles. The number of nitrogens with one attached hydrogen (secondary N) is 1. The molecule has 1 aromatic carbocycles. The Balaban J connectivity index is 1.44. The molecule has 0 bridgehead atoms. The van der Waals surface area contributed by atoms with Gasteiger partial charge < -0.3 is 14.4 Å². The van der Waals surface area contributed by atoms with Gasteiger partial charge in [0.25, 0.3) is 11.8 Å². The fraction of sp³-hybridized carbons (Fsp3) is 0.381. The molecule has 1 amide bonds. The van der Waals surface area contributed by atoms with E-state index in [-0.39, 0.29) is 18.0 Å². The second-order valence-electron chi connectivity index (χ2n) is 8.03. The number of rotatable bonds is 2. The van der Waals surface area contributed by atoms with Crippen LogP contribution in [0.3, 0.4) is 0 Å². The highest BCUT2D eigenvalue weighted by Gasteiger charge is 2.47. The van der Waals surface area contributed by atoms with Crippen molar-refractivity contribution in [1.29, 1.82) is 0 Å². The van der Waals surface area contributed by atoms with Crippen molar-refractivity contribution in [2.75, 3.05) is 6.54 Å². The lowest BCUT2D eigenvalue weighted by Gasteiger charge is -2.38. The Morgan fingerprint density at radius 1 is 1.27 bits per heavy atom.